The first-order valence-corrected chi connectivity index (χ1v) is 4.87. The Hall–Kier alpha value is -0.0500. The van der Waals surface area contributed by atoms with E-state index in [1.165, 1.54) is 9.75 Å². The van der Waals surface area contributed by atoms with Crippen LogP contribution in [0, 0.1) is 6.92 Å². The molecule has 70 valence electrons. The molecule has 0 saturated heterocycles. The van der Waals surface area contributed by atoms with Crippen LogP contribution in [0.3, 0.4) is 0 Å². The molecule has 0 fully saturated rings. The van der Waals surface area contributed by atoms with Crippen LogP contribution in [0.15, 0.2) is 12.1 Å². The van der Waals surface area contributed by atoms with E-state index in [-0.39, 0.29) is 18.4 Å². The van der Waals surface area contributed by atoms with Crippen molar-refractivity contribution in [2.75, 3.05) is 0 Å². The number of rotatable bonds is 3. The predicted octanol–water partition coefficient (Wildman–Crippen LogP) is 3.28. The molecule has 0 aliphatic heterocycles. The summed E-state index contributed by atoms with van der Waals surface area (Å²) < 4.78 is 0. The number of aryl methyl sites for hydroxylation is 1. The van der Waals surface area contributed by atoms with E-state index in [1.807, 2.05) is 11.3 Å². The highest BCUT2D eigenvalue weighted by molar-refractivity contribution is 7.12. The van der Waals surface area contributed by atoms with Crippen LogP contribution in [0.5, 0.6) is 0 Å². The molecule has 1 nitrogen and oxygen atoms in total. The van der Waals surface area contributed by atoms with Gasteiger partial charge in [-0.2, -0.15) is 0 Å². The molecule has 1 aromatic rings. The molecular weight excluding hydrogens is 190 g/mol. The van der Waals surface area contributed by atoms with Crippen molar-refractivity contribution in [1.29, 1.82) is 0 Å². The first kappa shape index (κ1) is 11.9. The summed E-state index contributed by atoms with van der Waals surface area (Å²) in [5, 5.41) is 0. The lowest BCUT2D eigenvalue weighted by molar-refractivity contribution is 0.648. The quantitative estimate of drug-likeness (QED) is 0.806. The number of hydrogen-bond acceptors (Lipinski definition) is 2. The summed E-state index contributed by atoms with van der Waals surface area (Å²) in [6, 6.07) is 4.54. The zero-order valence-electron chi connectivity index (χ0n) is 7.54. The number of nitrogens with two attached hydrogens (primary N) is 1. The molecule has 0 bridgehead atoms. The SMILES string of the molecule is CCC[C@@H](N)c1ccc(C)s1.Cl. The van der Waals surface area contributed by atoms with Crippen molar-refractivity contribution in [3.05, 3.63) is 21.9 Å². The molecular formula is C9H16ClNS. The van der Waals surface area contributed by atoms with Crippen LogP contribution >= 0.6 is 23.7 Å². The van der Waals surface area contributed by atoms with Gasteiger partial charge >= 0.3 is 0 Å². The highest BCUT2D eigenvalue weighted by Gasteiger charge is 2.05. The van der Waals surface area contributed by atoms with Gasteiger partial charge in [0.1, 0.15) is 0 Å². The van der Waals surface area contributed by atoms with Crippen LogP contribution in [0.1, 0.15) is 35.6 Å². The highest BCUT2D eigenvalue weighted by Crippen LogP contribution is 2.23. The lowest BCUT2D eigenvalue weighted by Gasteiger charge is -2.05. The van der Waals surface area contributed by atoms with E-state index >= 15 is 0 Å². The van der Waals surface area contributed by atoms with Crippen molar-refractivity contribution in [2.45, 2.75) is 32.7 Å². The van der Waals surface area contributed by atoms with Crippen molar-refractivity contribution in [2.24, 2.45) is 5.73 Å². The molecule has 0 aliphatic carbocycles. The van der Waals surface area contributed by atoms with Crippen LogP contribution in [0.2, 0.25) is 0 Å². The van der Waals surface area contributed by atoms with Gasteiger partial charge in [-0.1, -0.05) is 13.3 Å². The van der Waals surface area contributed by atoms with Crippen LogP contribution in [-0.4, -0.2) is 0 Å². The summed E-state index contributed by atoms with van der Waals surface area (Å²) in [5.41, 5.74) is 5.93. The normalized spacial score (nSPS) is 12.2. The second-order valence-corrected chi connectivity index (χ2v) is 4.16. The molecule has 0 aromatic carbocycles. The monoisotopic (exact) mass is 205 g/mol. The highest BCUT2D eigenvalue weighted by atomic mass is 35.5. The fourth-order valence-corrected chi connectivity index (χ4v) is 2.02. The lowest BCUT2D eigenvalue weighted by Crippen LogP contribution is -2.07. The molecule has 3 heteroatoms. The summed E-state index contributed by atoms with van der Waals surface area (Å²) >= 11 is 1.81. The Morgan fingerprint density at radius 3 is 2.58 bits per heavy atom. The van der Waals surface area contributed by atoms with E-state index in [1.54, 1.807) is 0 Å². The van der Waals surface area contributed by atoms with Gasteiger partial charge in [0.05, 0.1) is 0 Å². The van der Waals surface area contributed by atoms with E-state index in [4.69, 9.17) is 5.73 Å². The third-order valence-electron chi connectivity index (χ3n) is 1.73. The number of halogens is 1. The average Bonchev–Trinajstić information content (AvgIpc) is 2.36. The summed E-state index contributed by atoms with van der Waals surface area (Å²) in [6.07, 6.45) is 2.26. The van der Waals surface area contributed by atoms with Gasteiger partial charge in [0, 0.05) is 15.8 Å². The topological polar surface area (TPSA) is 26.0 Å². The Balaban J connectivity index is 0.00000121. The summed E-state index contributed by atoms with van der Waals surface area (Å²) in [7, 11) is 0. The first-order valence-electron chi connectivity index (χ1n) is 4.06. The van der Waals surface area contributed by atoms with E-state index in [9.17, 15) is 0 Å². The van der Waals surface area contributed by atoms with Gasteiger partial charge < -0.3 is 5.73 Å². The van der Waals surface area contributed by atoms with Crippen molar-refractivity contribution >= 4 is 23.7 Å². The van der Waals surface area contributed by atoms with E-state index in [0.29, 0.717) is 0 Å². The molecule has 1 aromatic heterocycles. The Bertz CT molecular complexity index is 222. The van der Waals surface area contributed by atoms with Gasteiger partial charge in [-0.15, -0.1) is 23.7 Å². The van der Waals surface area contributed by atoms with Crippen LogP contribution in [0.4, 0.5) is 0 Å². The first-order chi connectivity index (χ1) is 5.24. The minimum absolute atomic E-state index is 0. The van der Waals surface area contributed by atoms with Gasteiger partial charge in [-0.25, -0.2) is 0 Å². The fourth-order valence-electron chi connectivity index (χ4n) is 1.11. The fraction of sp³-hybridized carbons (Fsp3) is 0.556. The third-order valence-corrected chi connectivity index (χ3v) is 2.86. The average molecular weight is 206 g/mol. The van der Waals surface area contributed by atoms with Crippen LogP contribution in [-0.2, 0) is 0 Å². The molecule has 0 aliphatic rings. The molecule has 0 amide bonds. The Kier molecular flexibility index (Phi) is 5.55. The zero-order chi connectivity index (χ0) is 8.27. The van der Waals surface area contributed by atoms with Gasteiger partial charge in [-0.3, -0.25) is 0 Å². The van der Waals surface area contributed by atoms with Crippen molar-refractivity contribution in [3.63, 3.8) is 0 Å². The molecule has 12 heavy (non-hydrogen) atoms. The molecule has 1 rings (SSSR count). The maximum Gasteiger partial charge on any atom is 0.0389 e. The number of thiophene rings is 1. The molecule has 0 radical (unpaired) electrons. The van der Waals surface area contributed by atoms with Crippen molar-refractivity contribution < 1.29 is 0 Å². The second-order valence-electron chi connectivity index (χ2n) is 2.84. The minimum Gasteiger partial charge on any atom is -0.323 e. The second kappa shape index (κ2) is 5.57. The molecule has 0 spiro atoms. The van der Waals surface area contributed by atoms with E-state index < -0.39 is 0 Å². The Morgan fingerprint density at radius 2 is 2.17 bits per heavy atom. The van der Waals surface area contributed by atoms with Crippen LogP contribution in [0.25, 0.3) is 0 Å². The molecule has 0 unspecified atom stereocenters. The standard InChI is InChI=1S/C9H15NS.ClH/c1-3-4-8(10)9-6-5-7(2)11-9;/h5-6,8H,3-4,10H2,1-2H3;1H/t8-;/m1./s1. The van der Waals surface area contributed by atoms with Crippen molar-refractivity contribution in [1.82, 2.24) is 0 Å². The summed E-state index contributed by atoms with van der Waals surface area (Å²) in [4.78, 5) is 2.68. The minimum atomic E-state index is 0. The molecule has 0 saturated carbocycles. The summed E-state index contributed by atoms with van der Waals surface area (Å²) in [5.74, 6) is 0. The van der Waals surface area contributed by atoms with Crippen LogP contribution < -0.4 is 5.73 Å². The van der Waals surface area contributed by atoms with Gasteiger partial charge in [0.2, 0.25) is 0 Å². The Labute approximate surface area is 84.4 Å². The van der Waals surface area contributed by atoms with Crippen molar-refractivity contribution in [3.8, 4) is 0 Å². The maximum absolute atomic E-state index is 5.93. The molecule has 1 atom stereocenters. The maximum atomic E-state index is 5.93. The van der Waals surface area contributed by atoms with Gasteiger partial charge in [-0.05, 0) is 25.5 Å². The third kappa shape index (κ3) is 3.13. The largest absolute Gasteiger partial charge is 0.323 e. The smallest absolute Gasteiger partial charge is 0.0389 e. The zero-order valence-corrected chi connectivity index (χ0v) is 9.17. The van der Waals surface area contributed by atoms with E-state index in [0.717, 1.165) is 12.8 Å². The summed E-state index contributed by atoms with van der Waals surface area (Å²) in [6.45, 7) is 4.28. The number of hydrogen-bond donors (Lipinski definition) is 1. The molecule has 2 N–H and O–H groups in total. The molecule has 1 heterocycles. The predicted molar refractivity (Wildman–Crippen MR) is 58.1 cm³/mol. The van der Waals surface area contributed by atoms with Gasteiger partial charge in [0.15, 0.2) is 0 Å². The van der Waals surface area contributed by atoms with Gasteiger partial charge in [0.25, 0.3) is 0 Å². The van der Waals surface area contributed by atoms with E-state index in [2.05, 4.69) is 26.0 Å². The Morgan fingerprint density at radius 1 is 1.50 bits per heavy atom. The lowest BCUT2D eigenvalue weighted by atomic mass is 10.1.